The number of carbonyl (C=O) groups is 1. The van der Waals surface area contributed by atoms with Gasteiger partial charge in [0.15, 0.2) is 11.5 Å². The fourth-order valence-corrected chi connectivity index (χ4v) is 3.89. The summed E-state index contributed by atoms with van der Waals surface area (Å²) in [7, 11) is 3.18. The number of hydrogen-bond acceptors (Lipinski definition) is 5. The SMILES string of the molecule is COc1ccc(C(C)NC(=O)c2cc(-c3cccnc3)nc3ccc(Br)cc23)cc1OC. The van der Waals surface area contributed by atoms with Crippen LogP contribution >= 0.6 is 15.9 Å². The average molecular weight is 492 g/mol. The summed E-state index contributed by atoms with van der Waals surface area (Å²) in [4.78, 5) is 22.3. The standard InChI is InChI=1S/C25H22BrN3O3/c1-15(16-6-9-23(31-2)24(11-16)32-3)28-25(30)20-13-22(17-5-4-10-27-14-17)29-21-8-7-18(26)12-19(20)21/h4-15H,1-3H3,(H,28,30). The van der Waals surface area contributed by atoms with E-state index in [-0.39, 0.29) is 11.9 Å². The number of ether oxygens (including phenoxy) is 2. The molecular formula is C25H22BrN3O3. The van der Waals surface area contributed by atoms with Crippen LogP contribution in [0.4, 0.5) is 0 Å². The Bertz CT molecular complexity index is 1280. The van der Waals surface area contributed by atoms with Gasteiger partial charge in [-0.05, 0) is 61.0 Å². The van der Waals surface area contributed by atoms with Crippen LogP contribution in [0.2, 0.25) is 0 Å². The maximum Gasteiger partial charge on any atom is 0.252 e. The number of benzene rings is 2. The van der Waals surface area contributed by atoms with Crippen LogP contribution in [-0.2, 0) is 0 Å². The molecular weight excluding hydrogens is 470 g/mol. The lowest BCUT2D eigenvalue weighted by Gasteiger charge is -2.18. The molecule has 0 aliphatic carbocycles. The number of hydrogen-bond donors (Lipinski definition) is 1. The van der Waals surface area contributed by atoms with Gasteiger partial charge in [0.1, 0.15) is 0 Å². The summed E-state index contributed by atoms with van der Waals surface area (Å²) in [5.74, 6) is 1.06. The van der Waals surface area contributed by atoms with Gasteiger partial charge in [-0.2, -0.15) is 0 Å². The van der Waals surface area contributed by atoms with Crippen molar-refractivity contribution in [3.05, 3.63) is 82.6 Å². The zero-order chi connectivity index (χ0) is 22.7. The molecule has 0 bridgehead atoms. The normalized spacial score (nSPS) is 11.8. The van der Waals surface area contributed by atoms with Crippen molar-refractivity contribution >= 4 is 32.7 Å². The van der Waals surface area contributed by atoms with Gasteiger partial charge in [0.25, 0.3) is 5.91 Å². The fraction of sp³-hybridized carbons (Fsp3) is 0.160. The zero-order valence-corrected chi connectivity index (χ0v) is 19.5. The molecule has 0 aliphatic heterocycles. The van der Waals surface area contributed by atoms with Crippen LogP contribution in [0.25, 0.3) is 22.2 Å². The predicted molar refractivity (Wildman–Crippen MR) is 128 cm³/mol. The molecule has 0 spiro atoms. The van der Waals surface area contributed by atoms with E-state index in [0.29, 0.717) is 22.8 Å². The Kier molecular flexibility index (Phi) is 6.37. The first-order valence-corrected chi connectivity index (χ1v) is 10.8. The summed E-state index contributed by atoms with van der Waals surface area (Å²) in [6.07, 6.45) is 3.45. The van der Waals surface area contributed by atoms with Crippen molar-refractivity contribution in [2.45, 2.75) is 13.0 Å². The molecule has 1 N–H and O–H groups in total. The fourth-order valence-electron chi connectivity index (χ4n) is 3.53. The van der Waals surface area contributed by atoms with Gasteiger partial charge in [-0.1, -0.05) is 22.0 Å². The van der Waals surface area contributed by atoms with Gasteiger partial charge in [0, 0.05) is 27.8 Å². The first-order chi connectivity index (χ1) is 15.5. The van der Waals surface area contributed by atoms with E-state index in [9.17, 15) is 4.79 Å². The summed E-state index contributed by atoms with van der Waals surface area (Å²) in [5.41, 5.74) is 3.72. The third kappa shape index (κ3) is 4.43. The summed E-state index contributed by atoms with van der Waals surface area (Å²) in [6.45, 7) is 1.93. The first-order valence-electron chi connectivity index (χ1n) is 10.0. The highest BCUT2D eigenvalue weighted by Crippen LogP contribution is 2.31. The quantitative estimate of drug-likeness (QED) is 0.381. The lowest BCUT2D eigenvalue weighted by molar-refractivity contribution is 0.0941. The highest BCUT2D eigenvalue weighted by molar-refractivity contribution is 9.10. The molecule has 2 aromatic carbocycles. The Labute approximate surface area is 194 Å². The Balaban J connectivity index is 1.72. The lowest BCUT2D eigenvalue weighted by atomic mass is 10.0. The van der Waals surface area contributed by atoms with Crippen LogP contribution < -0.4 is 14.8 Å². The minimum absolute atomic E-state index is 0.192. The number of halogens is 1. The van der Waals surface area contributed by atoms with E-state index in [0.717, 1.165) is 26.5 Å². The average Bonchev–Trinajstić information content (AvgIpc) is 2.83. The molecule has 7 heteroatoms. The number of carbonyl (C=O) groups excluding carboxylic acids is 1. The van der Waals surface area contributed by atoms with Crippen LogP contribution in [0.3, 0.4) is 0 Å². The van der Waals surface area contributed by atoms with Crippen molar-refractivity contribution in [1.82, 2.24) is 15.3 Å². The molecule has 1 amide bonds. The summed E-state index contributed by atoms with van der Waals surface area (Å²) >= 11 is 3.50. The molecule has 2 aromatic heterocycles. The maximum atomic E-state index is 13.4. The van der Waals surface area contributed by atoms with E-state index in [1.807, 2.05) is 61.5 Å². The number of rotatable bonds is 6. The van der Waals surface area contributed by atoms with Gasteiger partial charge >= 0.3 is 0 Å². The van der Waals surface area contributed by atoms with Crippen LogP contribution in [-0.4, -0.2) is 30.1 Å². The van der Waals surface area contributed by atoms with E-state index in [1.54, 1.807) is 26.6 Å². The number of methoxy groups -OCH3 is 2. The second kappa shape index (κ2) is 9.36. The van der Waals surface area contributed by atoms with Gasteiger partial charge in [-0.15, -0.1) is 0 Å². The third-order valence-electron chi connectivity index (χ3n) is 5.23. The van der Waals surface area contributed by atoms with Gasteiger partial charge in [0.05, 0.1) is 37.0 Å². The molecule has 162 valence electrons. The molecule has 4 aromatic rings. The van der Waals surface area contributed by atoms with Crippen molar-refractivity contribution in [1.29, 1.82) is 0 Å². The smallest absolute Gasteiger partial charge is 0.252 e. The zero-order valence-electron chi connectivity index (χ0n) is 17.9. The van der Waals surface area contributed by atoms with Crippen LogP contribution in [0.1, 0.15) is 28.9 Å². The molecule has 1 atom stereocenters. The second-order valence-electron chi connectivity index (χ2n) is 7.27. The topological polar surface area (TPSA) is 73.3 Å². The third-order valence-corrected chi connectivity index (χ3v) is 5.72. The summed E-state index contributed by atoms with van der Waals surface area (Å²) in [6, 6.07) is 16.7. The molecule has 1 unspecified atom stereocenters. The van der Waals surface area contributed by atoms with Crippen molar-refractivity contribution in [3.8, 4) is 22.8 Å². The largest absolute Gasteiger partial charge is 0.493 e. The number of nitrogens with zero attached hydrogens (tertiary/aromatic N) is 2. The number of nitrogens with one attached hydrogen (secondary N) is 1. The Hall–Kier alpha value is -3.45. The van der Waals surface area contributed by atoms with Gasteiger partial charge < -0.3 is 14.8 Å². The first kappa shape index (κ1) is 21.8. The van der Waals surface area contributed by atoms with E-state index in [1.165, 1.54) is 0 Å². The lowest BCUT2D eigenvalue weighted by Crippen LogP contribution is -2.27. The van der Waals surface area contributed by atoms with E-state index >= 15 is 0 Å². The van der Waals surface area contributed by atoms with Gasteiger partial charge in [0.2, 0.25) is 0 Å². The number of pyridine rings is 2. The number of amides is 1. The van der Waals surface area contributed by atoms with Crippen molar-refractivity contribution < 1.29 is 14.3 Å². The monoisotopic (exact) mass is 491 g/mol. The predicted octanol–water partition coefficient (Wildman–Crippen LogP) is 5.57. The molecule has 2 heterocycles. The van der Waals surface area contributed by atoms with Crippen LogP contribution in [0.15, 0.2) is 71.5 Å². The molecule has 0 aliphatic rings. The van der Waals surface area contributed by atoms with Crippen molar-refractivity contribution in [2.75, 3.05) is 14.2 Å². The molecule has 0 fully saturated rings. The molecule has 6 nitrogen and oxygen atoms in total. The van der Waals surface area contributed by atoms with Crippen LogP contribution in [0, 0.1) is 0 Å². The van der Waals surface area contributed by atoms with Crippen molar-refractivity contribution in [3.63, 3.8) is 0 Å². The highest BCUT2D eigenvalue weighted by Gasteiger charge is 2.18. The Morgan fingerprint density at radius 3 is 2.56 bits per heavy atom. The number of aromatic nitrogens is 2. The van der Waals surface area contributed by atoms with E-state index < -0.39 is 0 Å². The van der Waals surface area contributed by atoms with Crippen LogP contribution in [0.5, 0.6) is 11.5 Å². The van der Waals surface area contributed by atoms with E-state index in [4.69, 9.17) is 14.5 Å². The highest BCUT2D eigenvalue weighted by atomic mass is 79.9. The molecule has 0 saturated carbocycles. The Morgan fingerprint density at radius 2 is 1.84 bits per heavy atom. The maximum absolute atomic E-state index is 13.4. The molecule has 4 rings (SSSR count). The van der Waals surface area contributed by atoms with Gasteiger partial charge in [-0.25, -0.2) is 4.98 Å². The molecule has 0 saturated heterocycles. The number of fused-ring (bicyclic) bond motifs is 1. The summed E-state index contributed by atoms with van der Waals surface area (Å²) in [5, 5.41) is 3.87. The molecule has 0 radical (unpaired) electrons. The van der Waals surface area contributed by atoms with Crippen molar-refractivity contribution in [2.24, 2.45) is 0 Å². The minimum Gasteiger partial charge on any atom is -0.493 e. The summed E-state index contributed by atoms with van der Waals surface area (Å²) < 4.78 is 11.6. The second-order valence-corrected chi connectivity index (χ2v) is 8.18. The molecule has 32 heavy (non-hydrogen) atoms. The van der Waals surface area contributed by atoms with Gasteiger partial charge in [-0.3, -0.25) is 9.78 Å². The van der Waals surface area contributed by atoms with E-state index in [2.05, 4.69) is 26.2 Å². The minimum atomic E-state index is -0.250. The Morgan fingerprint density at radius 1 is 1.03 bits per heavy atom.